The molecule has 2 fully saturated rings. The van der Waals surface area contributed by atoms with Gasteiger partial charge in [0.15, 0.2) is 0 Å². The number of amides is 3. The summed E-state index contributed by atoms with van der Waals surface area (Å²) in [4.78, 5) is 59.3. The first-order chi connectivity index (χ1) is 20.9. The Kier molecular flexibility index (Phi) is 9.05. The Morgan fingerprint density at radius 1 is 1.09 bits per heavy atom. The molecule has 2 N–H and O–H groups in total. The van der Waals surface area contributed by atoms with E-state index in [-0.39, 0.29) is 43.3 Å². The predicted octanol–water partition coefficient (Wildman–Crippen LogP) is 2.92. The average molecular weight is 608 g/mol. The lowest BCUT2D eigenvalue weighted by Gasteiger charge is -2.43. The van der Waals surface area contributed by atoms with E-state index in [1.165, 1.54) is 4.90 Å². The molecular weight excluding hydrogens is 562 g/mol. The summed E-state index contributed by atoms with van der Waals surface area (Å²) in [6, 6.07) is 6.88. The van der Waals surface area contributed by atoms with Crippen molar-refractivity contribution in [3.05, 3.63) is 60.2 Å². The zero-order valence-corrected chi connectivity index (χ0v) is 26.3. The highest BCUT2D eigenvalue weighted by atomic mass is 16.5. The maximum absolute atomic E-state index is 14.7. The normalized spacial score (nSPS) is 33.2. The fraction of sp³-hybridized carbons (Fsp3) is 0.588. The third kappa shape index (κ3) is 5.58. The molecule has 0 unspecified atom stereocenters. The number of hydrogen-bond donors (Lipinski definition) is 2. The predicted molar refractivity (Wildman–Crippen MR) is 163 cm³/mol. The largest absolute Gasteiger partial charge is 0.463 e. The number of rotatable bonds is 5. The van der Waals surface area contributed by atoms with Gasteiger partial charge in [0.2, 0.25) is 17.7 Å². The number of carbonyl (C=O) groups is 4. The number of nitrogens with zero attached hydrogens (tertiary/aromatic N) is 2. The molecule has 4 aliphatic rings. The molecule has 1 aromatic carbocycles. The number of likely N-dealkylation sites (tertiary alicyclic amines) is 1. The molecule has 4 aliphatic heterocycles. The van der Waals surface area contributed by atoms with Crippen LogP contribution < -0.4 is 5.32 Å². The van der Waals surface area contributed by atoms with Crippen LogP contribution in [0.3, 0.4) is 0 Å². The molecule has 1 spiro atoms. The highest BCUT2D eigenvalue weighted by molar-refractivity contribution is 6.00. The zero-order valence-electron chi connectivity index (χ0n) is 26.3. The van der Waals surface area contributed by atoms with Crippen LogP contribution in [0.2, 0.25) is 0 Å². The van der Waals surface area contributed by atoms with Crippen LogP contribution in [0.4, 0.5) is 0 Å². The van der Waals surface area contributed by atoms with E-state index in [2.05, 4.69) is 5.32 Å². The molecule has 3 amide bonds. The van der Waals surface area contributed by atoms with Gasteiger partial charge in [-0.15, -0.1) is 0 Å². The third-order valence-corrected chi connectivity index (χ3v) is 9.66. The van der Waals surface area contributed by atoms with Crippen LogP contribution in [0, 0.1) is 17.8 Å². The van der Waals surface area contributed by atoms with Gasteiger partial charge in [-0.1, -0.05) is 74.9 Å². The van der Waals surface area contributed by atoms with Gasteiger partial charge in [-0.25, -0.2) is 0 Å². The lowest BCUT2D eigenvalue weighted by molar-refractivity contribution is -0.155. The van der Waals surface area contributed by atoms with Gasteiger partial charge in [-0.3, -0.25) is 19.2 Å². The lowest BCUT2D eigenvalue weighted by Crippen LogP contribution is -2.61. The van der Waals surface area contributed by atoms with Crippen molar-refractivity contribution in [3.8, 4) is 0 Å². The zero-order chi connectivity index (χ0) is 31.8. The highest BCUT2D eigenvalue weighted by Gasteiger charge is 2.72. The number of cyclic esters (lactones) is 1. The van der Waals surface area contributed by atoms with Gasteiger partial charge in [0.05, 0.1) is 36.6 Å². The van der Waals surface area contributed by atoms with E-state index in [0.717, 1.165) is 5.56 Å². The van der Waals surface area contributed by atoms with E-state index in [1.54, 1.807) is 17.1 Å². The molecule has 0 radical (unpaired) electrons. The van der Waals surface area contributed by atoms with Crippen LogP contribution in [0.25, 0.3) is 0 Å². The minimum Gasteiger partial charge on any atom is -0.463 e. The van der Waals surface area contributed by atoms with Crippen molar-refractivity contribution in [2.45, 2.75) is 89.3 Å². The van der Waals surface area contributed by atoms with Gasteiger partial charge in [0, 0.05) is 18.5 Å². The number of fused-ring (bicyclic) bond motifs is 2. The molecule has 2 saturated heterocycles. The first-order valence-corrected chi connectivity index (χ1v) is 15.7. The Balaban J connectivity index is 1.64. The summed E-state index contributed by atoms with van der Waals surface area (Å²) in [5, 5.41) is 13.7. The van der Waals surface area contributed by atoms with Crippen molar-refractivity contribution < 1.29 is 33.8 Å². The fourth-order valence-electron chi connectivity index (χ4n) is 7.15. The number of ether oxygens (including phenoxy) is 2. The van der Waals surface area contributed by atoms with Crippen LogP contribution in [-0.4, -0.2) is 87.7 Å². The van der Waals surface area contributed by atoms with Gasteiger partial charge in [0.25, 0.3) is 0 Å². The summed E-state index contributed by atoms with van der Waals surface area (Å²) in [5.41, 5.74) is -1.23. The molecule has 0 bridgehead atoms. The second-order valence-corrected chi connectivity index (χ2v) is 13.4. The quantitative estimate of drug-likeness (QED) is 0.390. The molecule has 4 heterocycles. The fourth-order valence-corrected chi connectivity index (χ4v) is 7.15. The van der Waals surface area contributed by atoms with Gasteiger partial charge in [-0.05, 0) is 38.7 Å². The summed E-state index contributed by atoms with van der Waals surface area (Å²) in [7, 11) is 0. The van der Waals surface area contributed by atoms with Crippen LogP contribution in [0.5, 0.6) is 0 Å². The molecule has 10 heteroatoms. The number of aliphatic hydroxyl groups is 1. The molecular formula is C34H45N3O7. The molecule has 238 valence electrons. The number of benzene rings is 1. The standard InChI is InChI=1S/C34H45N3O7/c1-6-21(2)24(19-38)37-29-32(42)36(33(3,4)5)18-12-17-34(29)28(31(37)41)27-25(44-34)15-10-11-16-26(39)43-20-23(35-30(27)40)22-13-8-7-9-14-22/h7-10,12-15,17,21,23-25,27-29,38H,6,11,16,18-20H2,1-5H3,(H,35,40)/b15-10-/t21-,23-,24-,25+,27-,28-,29+,34-/m0/s1. The van der Waals surface area contributed by atoms with E-state index in [0.29, 0.717) is 19.4 Å². The molecule has 0 aliphatic carbocycles. The van der Waals surface area contributed by atoms with E-state index < -0.39 is 53.1 Å². The minimum atomic E-state index is -1.43. The van der Waals surface area contributed by atoms with E-state index in [9.17, 15) is 24.3 Å². The average Bonchev–Trinajstić information content (AvgIpc) is 3.37. The van der Waals surface area contributed by atoms with Crippen LogP contribution >= 0.6 is 0 Å². The summed E-state index contributed by atoms with van der Waals surface area (Å²) in [6.07, 6.45) is 7.56. The molecule has 8 atom stereocenters. The Hall–Kier alpha value is -3.50. The maximum Gasteiger partial charge on any atom is 0.306 e. The second kappa shape index (κ2) is 12.5. The molecule has 10 nitrogen and oxygen atoms in total. The van der Waals surface area contributed by atoms with Crippen LogP contribution in [0.15, 0.2) is 54.6 Å². The van der Waals surface area contributed by atoms with Crippen molar-refractivity contribution in [3.63, 3.8) is 0 Å². The van der Waals surface area contributed by atoms with Crippen molar-refractivity contribution in [2.24, 2.45) is 17.8 Å². The molecule has 0 saturated carbocycles. The van der Waals surface area contributed by atoms with E-state index in [1.807, 2.05) is 77.1 Å². The lowest BCUT2D eigenvalue weighted by atomic mass is 9.77. The number of esters is 1. The van der Waals surface area contributed by atoms with Gasteiger partial charge < -0.3 is 29.7 Å². The van der Waals surface area contributed by atoms with Gasteiger partial charge >= 0.3 is 5.97 Å². The van der Waals surface area contributed by atoms with Crippen molar-refractivity contribution in [2.75, 3.05) is 19.8 Å². The number of hydrogen-bond acceptors (Lipinski definition) is 7. The monoisotopic (exact) mass is 607 g/mol. The third-order valence-electron chi connectivity index (χ3n) is 9.66. The van der Waals surface area contributed by atoms with Crippen molar-refractivity contribution in [1.29, 1.82) is 0 Å². The Bertz CT molecular complexity index is 1320. The molecule has 1 aromatic rings. The molecule has 0 aromatic heterocycles. The van der Waals surface area contributed by atoms with Crippen molar-refractivity contribution >= 4 is 23.7 Å². The number of nitrogens with one attached hydrogen (secondary N) is 1. The van der Waals surface area contributed by atoms with E-state index >= 15 is 0 Å². The van der Waals surface area contributed by atoms with Crippen LogP contribution in [0.1, 0.15) is 65.5 Å². The van der Waals surface area contributed by atoms with Gasteiger partial charge in [0.1, 0.15) is 18.2 Å². The number of aliphatic hydroxyl groups excluding tert-OH is 1. The molecule has 44 heavy (non-hydrogen) atoms. The first-order valence-electron chi connectivity index (χ1n) is 15.7. The SMILES string of the molecule is CC[C@H](C)[C@H](CO)N1C(=O)[C@@H]2[C@H]3C(=O)N[C@H](c4ccccc4)COC(=O)CC/C=C\[C@H]3O[C@@]23C=CCN(C(C)(C)C)C(=O)[C@@H]13. The Morgan fingerprint density at radius 3 is 2.48 bits per heavy atom. The highest BCUT2D eigenvalue weighted by Crippen LogP contribution is 2.54. The van der Waals surface area contributed by atoms with Crippen molar-refractivity contribution in [1.82, 2.24) is 15.1 Å². The summed E-state index contributed by atoms with van der Waals surface area (Å²) in [6.45, 7) is 9.70. The Morgan fingerprint density at radius 2 is 1.82 bits per heavy atom. The van der Waals surface area contributed by atoms with Gasteiger partial charge in [-0.2, -0.15) is 0 Å². The summed E-state index contributed by atoms with van der Waals surface area (Å²) >= 11 is 0. The number of carbonyl (C=O) groups excluding carboxylic acids is 4. The number of allylic oxidation sites excluding steroid dienone is 1. The Labute approximate surface area is 259 Å². The minimum absolute atomic E-state index is 0.0609. The smallest absolute Gasteiger partial charge is 0.306 e. The topological polar surface area (TPSA) is 125 Å². The van der Waals surface area contributed by atoms with E-state index in [4.69, 9.17) is 9.47 Å². The summed E-state index contributed by atoms with van der Waals surface area (Å²) < 4.78 is 12.3. The second-order valence-electron chi connectivity index (χ2n) is 13.4. The molecule has 5 rings (SSSR count). The first kappa shape index (κ1) is 31.9. The maximum atomic E-state index is 14.7. The van der Waals surface area contributed by atoms with Crippen LogP contribution in [-0.2, 0) is 28.7 Å². The summed E-state index contributed by atoms with van der Waals surface area (Å²) in [5.74, 6) is -3.55.